The molecule has 3 aromatic rings. The van der Waals surface area contributed by atoms with E-state index in [1.165, 1.54) is 53.4 Å². The highest BCUT2D eigenvalue weighted by Crippen LogP contribution is 2.31. The van der Waals surface area contributed by atoms with E-state index in [1.54, 1.807) is 25.1 Å². The molecule has 0 fully saturated rings. The number of rotatable bonds is 7. The van der Waals surface area contributed by atoms with Gasteiger partial charge in [-0.3, -0.25) is 4.79 Å². The molecule has 0 aliphatic carbocycles. The number of nitrogens with zero attached hydrogens (tertiary/aromatic N) is 2. The highest BCUT2D eigenvalue weighted by atomic mass is 32.2. The molecule has 2 aromatic carbocycles. The Hall–Kier alpha value is -2.54. The molecule has 12 heteroatoms. The van der Waals surface area contributed by atoms with Gasteiger partial charge in [0.2, 0.25) is 21.1 Å². The number of carbonyl (C=O) groups excluding carboxylic acids is 1. The summed E-state index contributed by atoms with van der Waals surface area (Å²) in [4.78, 5) is 12.3. The Kier molecular flexibility index (Phi) is 6.47. The highest BCUT2D eigenvalue weighted by molar-refractivity contribution is 8.02. The summed E-state index contributed by atoms with van der Waals surface area (Å²) in [6.07, 6.45) is 0. The first-order valence-corrected chi connectivity index (χ1v) is 11.4. The van der Waals surface area contributed by atoms with Gasteiger partial charge in [-0.05, 0) is 43.3 Å². The Morgan fingerprint density at radius 2 is 1.86 bits per heavy atom. The lowest BCUT2D eigenvalue weighted by Crippen LogP contribution is -2.22. The second-order valence-electron chi connectivity index (χ2n) is 5.80. The van der Waals surface area contributed by atoms with E-state index >= 15 is 0 Å². The zero-order valence-electron chi connectivity index (χ0n) is 15.0. The van der Waals surface area contributed by atoms with E-state index in [1.807, 2.05) is 0 Å². The van der Waals surface area contributed by atoms with Crippen LogP contribution in [0.5, 0.6) is 0 Å². The van der Waals surface area contributed by atoms with Gasteiger partial charge >= 0.3 is 0 Å². The maximum Gasteiger partial charge on any atom is 0.238 e. The number of para-hydroxylation sites is 1. The second-order valence-corrected chi connectivity index (χ2v) is 9.92. The third-order valence-corrected chi connectivity index (χ3v) is 6.57. The summed E-state index contributed by atoms with van der Waals surface area (Å²) in [5.41, 5.74) is 0.725. The number of carbonyl (C=O) groups is 1. The predicted molar refractivity (Wildman–Crippen MR) is 111 cm³/mol. The molecule has 1 amide bonds. The van der Waals surface area contributed by atoms with Crippen LogP contribution in [-0.4, -0.2) is 29.8 Å². The molecule has 0 aliphatic rings. The first-order valence-electron chi connectivity index (χ1n) is 8.18. The summed E-state index contributed by atoms with van der Waals surface area (Å²) in [5.74, 6) is -0.699. The molecule has 4 N–H and O–H groups in total. The Labute approximate surface area is 174 Å². The van der Waals surface area contributed by atoms with Crippen molar-refractivity contribution in [3.63, 3.8) is 0 Å². The third-order valence-electron chi connectivity index (χ3n) is 3.62. The summed E-state index contributed by atoms with van der Waals surface area (Å²) >= 11 is 2.39. The fraction of sp³-hybridized carbons (Fsp3) is 0.118. The lowest BCUT2D eigenvalue weighted by Gasteiger charge is -2.10. The number of hydrogen-bond donors (Lipinski definition) is 3. The minimum Gasteiger partial charge on any atom is -0.328 e. The number of nitrogens with two attached hydrogens (primary N) is 1. The number of sulfonamides is 1. The number of anilines is 3. The Balaban J connectivity index is 1.58. The number of nitrogens with one attached hydrogen (secondary N) is 2. The Morgan fingerprint density at radius 1 is 1.17 bits per heavy atom. The fourth-order valence-electron chi connectivity index (χ4n) is 2.16. The number of benzene rings is 2. The summed E-state index contributed by atoms with van der Waals surface area (Å²) in [6, 6.07) is 11.7. The van der Waals surface area contributed by atoms with E-state index in [9.17, 15) is 17.6 Å². The molecule has 0 aliphatic heterocycles. The average molecular weight is 454 g/mol. The van der Waals surface area contributed by atoms with Crippen LogP contribution in [0.15, 0.2) is 57.8 Å². The SMILES string of the molecule is CC(Sc1nnc(Nc2ccccc2F)s1)C(=O)Nc1ccc(S(N)(=O)=O)cc1. The fourth-order valence-corrected chi connectivity index (χ4v) is 4.59. The maximum atomic E-state index is 13.7. The van der Waals surface area contributed by atoms with Crippen LogP contribution < -0.4 is 15.8 Å². The van der Waals surface area contributed by atoms with E-state index in [0.29, 0.717) is 15.2 Å². The predicted octanol–water partition coefficient (Wildman–Crippen LogP) is 3.19. The van der Waals surface area contributed by atoms with Crippen LogP contribution in [0.3, 0.4) is 0 Å². The molecular weight excluding hydrogens is 437 g/mol. The molecule has 1 aromatic heterocycles. The molecule has 152 valence electrons. The molecule has 1 atom stereocenters. The van der Waals surface area contributed by atoms with Crippen molar-refractivity contribution in [1.29, 1.82) is 0 Å². The van der Waals surface area contributed by atoms with Crippen LogP contribution in [0.2, 0.25) is 0 Å². The molecule has 0 radical (unpaired) electrons. The van der Waals surface area contributed by atoms with E-state index in [4.69, 9.17) is 5.14 Å². The van der Waals surface area contributed by atoms with Gasteiger partial charge in [0.25, 0.3) is 0 Å². The molecule has 29 heavy (non-hydrogen) atoms. The van der Waals surface area contributed by atoms with Crippen molar-refractivity contribution in [2.45, 2.75) is 21.4 Å². The van der Waals surface area contributed by atoms with E-state index in [0.717, 1.165) is 0 Å². The summed E-state index contributed by atoms with van der Waals surface area (Å²) < 4.78 is 36.8. The van der Waals surface area contributed by atoms with E-state index in [2.05, 4.69) is 20.8 Å². The number of thioether (sulfide) groups is 1. The minimum atomic E-state index is -3.79. The van der Waals surface area contributed by atoms with Crippen molar-refractivity contribution >= 4 is 55.5 Å². The first-order chi connectivity index (χ1) is 13.7. The molecule has 1 heterocycles. The number of primary sulfonamides is 1. The van der Waals surface area contributed by atoms with Gasteiger partial charge in [0.15, 0.2) is 4.34 Å². The minimum absolute atomic E-state index is 0.0401. The third kappa shape index (κ3) is 5.73. The van der Waals surface area contributed by atoms with Crippen LogP contribution in [0.4, 0.5) is 20.9 Å². The van der Waals surface area contributed by atoms with E-state index < -0.39 is 21.1 Å². The standard InChI is InChI=1S/C17H16FN5O3S3/c1-10(15(24)20-11-6-8-12(9-7-11)29(19,25)26)27-17-23-22-16(28-17)21-14-5-3-2-4-13(14)18/h2-10H,1H3,(H,20,24)(H,21,22)(H2,19,25,26). The first kappa shape index (κ1) is 21.2. The van der Waals surface area contributed by atoms with Gasteiger partial charge in [-0.25, -0.2) is 17.9 Å². The quantitative estimate of drug-likeness (QED) is 0.469. The van der Waals surface area contributed by atoms with Crippen LogP contribution >= 0.6 is 23.1 Å². The molecular formula is C17H16FN5O3S3. The van der Waals surface area contributed by atoms with Crippen molar-refractivity contribution in [2.75, 3.05) is 10.6 Å². The molecule has 1 unspecified atom stereocenters. The number of aromatic nitrogens is 2. The van der Waals surface area contributed by atoms with Gasteiger partial charge in [0, 0.05) is 5.69 Å². The van der Waals surface area contributed by atoms with Crippen molar-refractivity contribution in [1.82, 2.24) is 10.2 Å². The van der Waals surface area contributed by atoms with Gasteiger partial charge in [-0.2, -0.15) is 0 Å². The van der Waals surface area contributed by atoms with Crippen LogP contribution in [0.25, 0.3) is 0 Å². The van der Waals surface area contributed by atoms with Crippen molar-refractivity contribution < 1.29 is 17.6 Å². The van der Waals surface area contributed by atoms with Crippen LogP contribution in [-0.2, 0) is 14.8 Å². The molecule has 0 saturated carbocycles. The van der Waals surface area contributed by atoms with Gasteiger partial charge in [0.05, 0.1) is 15.8 Å². The second kappa shape index (κ2) is 8.86. The average Bonchev–Trinajstić information content (AvgIpc) is 3.10. The van der Waals surface area contributed by atoms with Crippen molar-refractivity contribution in [3.8, 4) is 0 Å². The van der Waals surface area contributed by atoms with Gasteiger partial charge < -0.3 is 10.6 Å². The molecule has 3 rings (SSSR count). The maximum absolute atomic E-state index is 13.7. The molecule has 0 bridgehead atoms. The molecule has 8 nitrogen and oxygen atoms in total. The number of amides is 1. The number of hydrogen-bond acceptors (Lipinski definition) is 8. The summed E-state index contributed by atoms with van der Waals surface area (Å²) in [5, 5.41) is 18.4. The summed E-state index contributed by atoms with van der Waals surface area (Å²) in [7, 11) is -3.79. The molecule has 0 spiro atoms. The van der Waals surface area contributed by atoms with Crippen molar-refractivity contribution in [2.24, 2.45) is 5.14 Å². The lowest BCUT2D eigenvalue weighted by atomic mass is 10.3. The number of halogens is 1. The van der Waals surface area contributed by atoms with Gasteiger partial charge in [0.1, 0.15) is 5.82 Å². The Bertz CT molecular complexity index is 1120. The normalized spacial score (nSPS) is 12.4. The zero-order chi connectivity index (χ0) is 21.0. The monoisotopic (exact) mass is 453 g/mol. The van der Waals surface area contributed by atoms with Crippen LogP contribution in [0, 0.1) is 5.82 Å². The van der Waals surface area contributed by atoms with Gasteiger partial charge in [-0.15, -0.1) is 10.2 Å². The topological polar surface area (TPSA) is 127 Å². The largest absolute Gasteiger partial charge is 0.328 e. The van der Waals surface area contributed by atoms with Crippen molar-refractivity contribution in [3.05, 3.63) is 54.3 Å². The summed E-state index contributed by atoms with van der Waals surface area (Å²) in [6.45, 7) is 1.70. The zero-order valence-corrected chi connectivity index (χ0v) is 17.4. The Morgan fingerprint density at radius 3 is 2.52 bits per heavy atom. The highest BCUT2D eigenvalue weighted by Gasteiger charge is 2.18. The molecule has 0 saturated heterocycles. The smallest absolute Gasteiger partial charge is 0.238 e. The van der Waals surface area contributed by atoms with E-state index in [-0.39, 0.29) is 16.5 Å². The van der Waals surface area contributed by atoms with Gasteiger partial charge in [-0.1, -0.05) is 35.2 Å². The van der Waals surface area contributed by atoms with Crippen LogP contribution in [0.1, 0.15) is 6.92 Å². The lowest BCUT2D eigenvalue weighted by molar-refractivity contribution is -0.115.